The second-order valence-electron chi connectivity index (χ2n) is 9.56. The minimum absolute atomic E-state index is 0.00778. The fourth-order valence-corrected chi connectivity index (χ4v) is 4.59. The Bertz CT molecular complexity index is 1170. The Labute approximate surface area is 196 Å². The molecule has 34 heavy (non-hydrogen) atoms. The molecule has 12 nitrogen and oxygen atoms in total. The molecule has 2 aliphatic heterocycles. The third-order valence-electron chi connectivity index (χ3n) is 6.00. The fourth-order valence-electron chi connectivity index (χ4n) is 4.59. The van der Waals surface area contributed by atoms with E-state index in [1.54, 1.807) is 31.7 Å². The Balaban J connectivity index is 1.60. The van der Waals surface area contributed by atoms with E-state index in [0.29, 0.717) is 16.6 Å². The van der Waals surface area contributed by atoms with Gasteiger partial charge in [-0.3, -0.25) is 14.6 Å². The van der Waals surface area contributed by atoms with Gasteiger partial charge in [-0.05, 0) is 19.8 Å². The molecule has 2 aromatic rings. The third kappa shape index (κ3) is 4.40. The lowest BCUT2D eigenvalue weighted by Gasteiger charge is -2.25. The maximum atomic E-state index is 12.7. The van der Waals surface area contributed by atoms with Crippen molar-refractivity contribution in [2.24, 2.45) is 13.0 Å². The van der Waals surface area contributed by atoms with Crippen LogP contribution in [0.2, 0.25) is 0 Å². The van der Waals surface area contributed by atoms with Crippen LogP contribution in [0.25, 0.3) is 11.0 Å². The summed E-state index contributed by atoms with van der Waals surface area (Å²) in [6.07, 6.45) is -0.573. The van der Waals surface area contributed by atoms with E-state index in [2.05, 4.69) is 15.3 Å². The zero-order valence-electron chi connectivity index (χ0n) is 20.1. The van der Waals surface area contributed by atoms with E-state index in [-0.39, 0.29) is 29.9 Å². The number of hydrogen-bond donors (Lipinski definition) is 3. The Morgan fingerprint density at radius 1 is 1.32 bits per heavy atom. The number of aryl methyl sites for hydroxylation is 1. The van der Waals surface area contributed by atoms with E-state index in [1.807, 2.05) is 13.8 Å². The van der Waals surface area contributed by atoms with Crippen molar-refractivity contribution in [2.45, 2.75) is 70.9 Å². The molecule has 2 aliphatic rings. The monoisotopic (exact) mass is 477 g/mol. The molecule has 12 heteroatoms. The van der Waals surface area contributed by atoms with E-state index in [4.69, 9.17) is 24.7 Å². The van der Waals surface area contributed by atoms with Gasteiger partial charge in [0, 0.05) is 25.7 Å². The molecular weight excluding hydrogens is 446 g/mol. The number of nitrogen functional groups attached to an aromatic ring is 1. The number of anilines is 1. The van der Waals surface area contributed by atoms with Crippen molar-refractivity contribution >= 4 is 28.9 Å². The Kier molecular flexibility index (Phi) is 6.17. The third-order valence-corrected chi connectivity index (χ3v) is 6.00. The first kappa shape index (κ1) is 24.2. The normalized spacial score (nSPS) is 26.6. The van der Waals surface area contributed by atoms with Crippen LogP contribution in [0, 0.1) is 5.92 Å². The average molecular weight is 478 g/mol. The molecule has 0 bridgehead atoms. The van der Waals surface area contributed by atoms with E-state index < -0.39 is 42.2 Å². The first-order chi connectivity index (χ1) is 15.9. The predicted octanol–water partition coefficient (Wildman–Crippen LogP) is 0.508. The highest BCUT2D eigenvalue weighted by atomic mass is 16.8. The zero-order valence-corrected chi connectivity index (χ0v) is 20.1. The van der Waals surface area contributed by atoms with Crippen LogP contribution in [-0.4, -0.2) is 63.2 Å². The number of esters is 1. The Morgan fingerprint density at radius 3 is 2.65 bits per heavy atom. The summed E-state index contributed by atoms with van der Waals surface area (Å²) in [6.45, 7) is 8.47. The summed E-state index contributed by atoms with van der Waals surface area (Å²) in [7, 11) is 1.73. The molecule has 0 saturated carbocycles. The molecule has 1 amide bonds. The van der Waals surface area contributed by atoms with Crippen molar-refractivity contribution < 1.29 is 28.5 Å². The molecule has 5 atom stereocenters. The number of nitrogens with zero attached hydrogens (tertiary/aromatic N) is 2. The van der Waals surface area contributed by atoms with Gasteiger partial charge in [-0.15, -0.1) is 0 Å². The number of ether oxygens (including phenoxy) is 4. The van der Waals surface area contributed by atoms with Gasteiger partial charge in [0.1, 0.15) is 48.1 Å². The molecule has 0 aliphatic carbocycles. The minimum Gasteiger partial charge on any atom is -0.461 e. The molecule has 186 valence electrons. The molecule has 4 N–H and O–H groups in total. The largest absolute Gasteiger partial charge is 0.461 e. The molecule has 4 rings (SSSR count). The quantitative estimate of drug-likeness (QED) is 0.504. The topological polar surface area (TPSA) is 160 Å². The lowest BCUT2D eigenvalue weighted by Crippen LogP contribution is -2.45. The fraction of sp³-hybridized carbons (Fsp3) is 0.636. The van der Waals surface area contributed by atoms with Gasteiger partial charge in [-0.1, -0.05) is 13.8 Å². The summed E-state index contributed by atoms with van der Waals surface area (Å²) in [5.41, 5.74) is 6.81. The molecule has 0 aromatic carbocycles. The highest BCUT2D eigenvalue weighted by Gasteiger charge is 2.56. The smallest absolute Gasteiger partial charge is 0.328 e. The van der Waals surface area contributed by atoms with Crippen molar-refractivity contribution in [3.63, 3.8) is 0 Å². The summed E-state index contributed by atoms with van der Waals surface area (Å²) in [6, 6.07) is -0.778. The first-order valence-corrected chi connectivity index (χ1v) is 11.2. The molecule has 0 radical (unpaired) electrons. The number of H-pyrrole nitrogens is 1. The number of amides is 1. The molecule has 2 saturated heterocycles. The average Bonchev–Trinajstić information content (AvgIpc) is 3.32. The molecule has 0 spiro atoms. The van der Waals surface area contributed by atoms with Crippen LogP contribution in [0.1, 0.15) is 46.3 Å². The summed E-state index contributed by atoms with van der Waals surface area (Å²) in [5, 5.41) is 2.62. The highest BCUT2D eigenvalue weighted by molar-refractivity contribution is 5.83. The Morgan fingerprint density at radius 2 is 2.00 bits per heavy atom. The van der Waals surface area contributed by atoms with Gasteiger partial charge >= 0.3 is 5.97 Å². The molecule has 4 heterocycles. The summed E-state index contributed by atoms with van der Waals surface area (Å²) in [4.78, 5) is 43.4. The first-order valence-electron chi connectivity index (χ1n) is 11.2. The van der Waals surface area contributed by atoms with Crippen LogP contribution in [0.15, 0.2) is 11.0 Å². The van der Waals surface area contributed by atoms with Gasteiger partial charge < -0.3 is 34.6 Å². The summed E-state index contributed by atoms with van der Waals surface area (Å²) in [5.74, 6) is -1.92. The number of fused-ring (bicyclic) bond motifs is 2. The van der Waals surface area contributed by atoms with Crippen LogP contribution in [-0.2, 0) is 35.6 Å². The van der Waals surface area contributed by atoms with Gasteiger partial charge in [0.25, 0.3) is 5.56 Å². The van der Waals surface area contributed by atoms with Crippen molar-refractivity contribution in [1.82, 2.24) is 19.9 Å². The lowest BCUT2D eigenvalue weighted by atomic mass is 10.0. The number of nitrogens with two attached hydrogens (primary N) is 1. The molecule has 2 aromatic heterocycles. The lowest BCUT2D eigenvalue weighted by molar-refractivity contribution is -0.194. The van der Waals surface area contributed by atoms with Crippen molar-refractivity contribution in [2.75, 3.05) is 12.3 Å². The summed E-state index contributed by atoms with van der Waals surface area (Å²) >= 11 is 0. The van der Waals surface area contributed by atoms with Gasteiger partial charge in [-0.2, -0.15) is 0 Å². The van der Waals surface area contributed by atoms with E-state index >= 15 is 0 Å². The van der Waals surface area contributed by atoms with Crippen molar-refractivity contribution in [3.8, 4) is 0 Å². The van der Waals surface area contributed by atoms with E-state index in [0.717, 1.165) is 0 Å². The predicted molar refractivity (Wildman–Crippen MR) is 121 cm³/mol. The standard InChI is InChI=1S/C22H31N5O7/c1-9(2)13(24-10(3)28)20(30)31-8-12-17-18(34-22(4,5)33-17)16(32-12)11-7-27(6)15-14(11)25-21(23)26-19(15)29/h7,9,12-13,16-18H,8H2,1-6H3,(H,24,28)(H3,23,25,26,29)/t12-,13+,16+,17-,18+/m1/s1. The second-order valence-corrected chi connectivity index (χ2v) is 9.56. The van der Waals surface area contributed by atoms with Crippen LogP contribution in [0.4, 0.5) is 5.95 Å². The van der Waals surface area contributed by atoms with Crippen LogP contribution >= 0.6 is 0 Å². The number of aromatic amines is 1. The second kappa shape index (κ2) is 8.67. The van der Waals surface area contributed by atoms with Crippen LogP contribution in [0.3, 0.4) is 0 Å². The van der Waals surface area contributed by atoms with Gasteiger partial charge in [0.05, 0.1) is 0 Å². The molecule has 2 fully saturated rings. The number of hydrogen-bond acceptors (Lipinski definition) is 9. The highest BCUT2D eigenvalue weighted by Crippen LogP contribution is 2.46. The maximum Gasteiger partial charge on any atom is 0.328 e. The van der Waals surface area contributed by atoms with Crippen LogP contribution < -0.4 is 16.6 Å². The van der Waals surface area contributed by atoms with Gasteiger partial charge in [-0.25, -0.2) is 9.78 Å². The number of rotatable bonds is 6. The van der Waals surface area contributed by atoms with Crippen LogP contribution in [0.5, 0.6) is 0 Å². The van der Waals surface area contributed by atoms with E-state index in [9.17, 15) is 14.4 Å². The zero-order chi connectivity index (χ0) is 24.9. The summed E-state index contributed by atoms with van der Waals surface area (Å²) < 4.78 is 25.7. The molecular formula is C22H31N5O7. The number of carbonyl (C=O) groups is 2. The van der Waals surface area contributed by atoms with E-state index in [1.165, 1.54) is 6.92 Å². The van der Waals surface area contributed by atoms with Crippen molar-refractivity contribution in [3.05, 3.63) is 22.1 Å². The van der Waals surface area contributed by atoms with Crippen molar-refractivity contribution in [1.29, 1.82) is 0 Å². The SMILES string of the molecule is CC(=O)N[C@H](C(=O)OC[C@H]1O[C@@H](c2cn(C)c3c(=O)[nH]c(N)nc23)[C@@H]2OC(C)(C)O[C@@H]21)C(C)C. The number of nitrogens with one attached hydrogen (secondary N) is 2. The molecule has 0 unspecified atom stereocenters. The van der Waals surface area contributed by atoms with Gasteiger partial charge in [0.15, 0.2) is 5.79 Å². The maximum absolute atomic E-state index is 12.7. The number of aromatic nitrogens is 3. The number of carbonyl (C=O) groups excluding carboxylic acids is 2. The van der Waals surface area contributed by atoms with Gasteiger partial charge in [0.2, 0.25) is 11.9 Å². The Hall–Kier alpha value is -2.96. The minimum atomic E-state index is -0.884.